The Kier molecular flexibility index (Phi) is 9.26. The number of benzene rings is 11. The van der Waals surface area contributed by atoms with E-state index in [2.05, 4.69) is 254 Å². The molecule has 0 N–H and O–H groups in total. The molecule has 286 valence electrons. The summed E-state index contributed by atoms with van der Waals surface area (Å²) >= 11 is 0. The van der Waals surface area contributed by atoms with Crippen molar-refractivity contribution in [2.24, 2.45) is 0 Å². The lowest BCUT2D eigenvalue weighted by Crippen LogP contribution is -2.12. The van der Waals surface area contributed by atoms with Crippen molar-refractivity contribution in [2.75, 3.05) is 4.90 Å². The average Bonchev–Trinajstić information content (AvgIpc) is 3.35. The lowest BCUT2D eigenvalue weighted by Gasteiger charge is -2.31. The van der Waals surface area contributed by atoms with Gasteiger partial charge in [0.1, 0.15) is 0 Å². The lowest BCUT2D eigenvalue weighted by molar-refractivity contribution is 1.28. The van der Waals surface area contributed by atoms with E-state index < -0.39 is 0 Å². The molecular weight excluding hydrogens is 735 g/mol. The molecule has 0 radical (unpaired) electrons. The van der Waals surface area contributed by atoms with E-state index in [1.807, 2.05) is 0 Å². The molecule has 0 aliphatic heterocycles. The van der Waals surface area contributed by atoms with Gasteiger partial charge in [-0.05, 0) is 113 Å². The molecule has 11 rings (SSSR count). The van der Waals surface area contributed by atoms with Gasteiger partial charge in [-0.15, -0.1) is 0 Å². The zero-order chi connectivity index (χ0) is 40.5. The van der Waals surface area contributed by atoms with Gasteiger partial charge in [-0.25, -0.2) is 0 Å². The second-order valence-electron chi connectivity index (χ2n) is 15.7. The summed E-state index contributed by atoms with van der Waals surface area (Å²) in [5.74, 6) is 0. The highest BCUT2D eigenvalue weighted by molar-refractivity contribution is 6.14. The Hall–Kier alpha value is -8.00. The fraction of sp³-hybridized carbons (Fsp3) is 0. The zero-order valence-corrected chi connectivity index (χ0v) is 33.6. The van der Waals surface area contributed by atoms with Crippen molar-refractivity contribution in [2.45, 2.75) is 0 Å². The lowest BCUT2D eigenvalue weighted by atomic mass is 9.89. The minimum Gasteiger partial charge on any atom is -0.309 e. The van der Waals surface area contributed by atoms with Gasteiger partial charge in [0, 0.05) is 16.8 Å². The maximum atomic E-state index is 2.46. The van der Waals surface area contributed by atoms with E-state index in [4.69, 9.17) is 0 Å². The van der Waals surface area contributed by atoms with Gasteiger partial charge in [-0.1, -0.05) is 212 Å². The average molecular weight is 776 g/mol. The molecule has 0 aliphatic rings. The van der Waals surface area contributed by atoms with Crippen LogP contribution in [0.4, 0.5) is 17.1 Å². The van der Waals surface area contributed by atoms with E-state index in [9.17, 15) is 0 Å². The van der Waals surface area contributed by atoms with Crippen LogP contribution in [0.3, 0.4) is 0 Å². The SMILES string of the molecule is c1ccc(-c2ccc(-c3ccc(N(c4ccccc4-c4ccccc4)c4ccc(-c5cc6ccccc6c6ccccc56)cc4-c4cccc5ccccc45)cc3)cc2)cc1. The largest absolute Gasteiger partial charge is 0.309 e. The van der Waals surface area contributed by atoms with Crippen molar-refractivity contribution < 1.29 is 0 Å². The Morgan fingerprint density at radius 2 is 0.689 bits per heavy atom. The minimum atomic E-state index is 1.08. The van der Waals surface area contributed by atoms with E-state index in [1.54, 1.807) is 0 Å². The van der Waals surface area contributed by atoms with Crippen LogP contribution in [0.1, 0.15) is 0 Å². The summed E-state index contributed by atoms with van der Waals surface area (Å²) in [6.45, 7) is 0. The fourth-order valence-electron chi connectivity index (χ4n) is 9.09. The number of rotatable bonds is 8. The Morgan fingerprint density at radius 1 is 0.213 bits per heavy atom. The van der Waals surface area contributed by atoms with Crippen LogP contribution < -0.4 is 4.90 Å². The molecule has 1 nitrogen and oxygen atoms in total. The van der Waals surface area contributed by atoms with E-state index in [-0.39, 0.29) is 0 Å². The molecule has 0 amide bonds. The molecule has 0 unspecified atom stereocenters. The summed E-state index contributed by atoms with van der Waals surface area (Å²) in [6, 6.07) is 90.6. The molecule has 0 heterocycles. The number of anilines is 3. The van der Waals surface area contributed by atoms with Crippen molar-refractivity contribution >= 4 is 49.4 Å². The molecule has 0 bridgehead atoms. The van der Waals surface area contributed by atoms with Crippen LogP contribution in [0.5, 0.6) is 0 Å². The topological polar surface area (TPSA) is 3.24 Å². The number of para-hydroxylation sites is 1. The Bertz CT molecular complexity index is 3330. The summed E-state index contributed by atoms with van der Waals surface area (Å²) in [7, 11) is 0. The van der Waals surface area contributed by atoms with E-state index in [1.165, 1.54) is 76.8 Å². The van der Waals surface area contributed by atoms with Gasteiger partial charge >= 0.3 is 0 Å². The quantitative estimate of drug-likeness (QED) is 0.139. The normalized spacial score (nSPS) is 11.3. The van der Waals surface area contributed by atoms with Crippen molar-refractivity contribution in [3.63, 3.8) is 0 Å². The minimum absolute atomic E-state index is 1.08. The third-order valence-corrected chi connectivity index (χ3v) is 12.1. The van der Waals surface area contributed by atoms with Crippen LogP contribution in [0.15, 0.2) is 249 Å². The second-order valence-corrected chi connectivity index (χ2v) is 15.7. The summed E-state index contributed by atoms with van der Waals surface area (Å²) in [6.07, 6.45) is 0. The number of nitrogens with zero attached hydrogens (tertiary/aromatic N) is 1. The molecule has 11 aromatic carbocycles. The highest BCUT2D eigenvalue weighted by Crippen LogP contribution is 2.48. The summed E-state index contributed by atoms with van der Waals surface area (Å²) in [5.41, 5.74) is 15.2. The molecule has 0 saturated heterocycles. The first-order valence-electron chi connectivity index (χ1n) is 21.0. The van der Waals surface area contributed by atoms with E-state index >= 15 is 0 Å². The van der Waals surface area contributed by atoms with Crippen molar-refractivity contribution in [3.05, 3.63) is 249 Å². The van der Waals surface area contributed by atoms with E-state index in [0.29, 0.717) is 0 Å². The number of hydrogen-bond donors (Lipinski definition) is 0. The number of hydrogen-bond acceptors (Lipinski definition) is 1. The maximum Gasteiger partial charge on any atom is 0.0540 e. The predicted molar refractivity (Wildman–Crippen MR) is 261 cm³/mol. The molecule has 11 aromatic rings. The van der Waals surface area contributed by atoms with Crippen LogP contribution >= 0.6 is 0 Å². The van der Waals surface area contributed by atoms with Crippen LogP contribution in [0, 0.1) is 0 Å². The number of fused-ring (bicyclic) bond motifs is 4. The van der Waals surface area contributed by atoms with Crippen LogP contribution in [0.25, 0.3) is 88.0 Å². The molecular formula is C60H41N. The monoisotopic (exact) mass is 775 g/mol. The highest BCUT2D eigenvalue weighted by atomic mass is 15.1. The smallest absolute Gasteiger partial charge is 0.0540 e. The van der Waals surface area contributed by atoms with Crippen molar-refractivity contribution in [1.29, 1.82) is 0 Å². The first-order valence-corrected chi connectivity index (χ1v) is 21.0. The molecule has 1 heteroatoms. The maximum absolute atomic E-state index is 2.46. The van der Waals surface area contributed by atoms with Crippen molar-refractivity contribution in [3.8, 4) is 55.6 Å². The summed E-state index contributed by atoms with van der Waals surface area (Å²) < 4.78 is 0. The summed E-state index contributed by atoms with van der Waals surface area (Å²) in [4.78, 5) is 2.46. The molecule has 0 aromatic heterocycles. The first kappa shape index (κ1) is 36.1. The molecule has 61 heavy (non-hydrogen) atoms. The Morgan fingerprint density at radius 3 is 1.41 bits per heavy atom. The van der Waals surface area contributed by atoms with Gasteiger partial charge in [-0.2, -0.15) is 0 Å². The zero-order valence-electron chi connectivity index (χ0n) is 33.6. The first-order chi connectivity index (χ1) is 30.3. The standard InChI is InChI=1S/C60H41N/c1-3-16-42(17-4-1)43-30-32-44(33-31-43)45-34-37-50(38-35-45)61(59-29-14-13-25-53(59)47-18-5-2-6-19-47)60-39-36-49(41-58(60)55-28-15-22-46-20-7-9-23-51(46)55)57-40-48-21-8-10-24-52(48)54-26-11-12-27-56(54)57/h1-41H. The Balaban J connectivity index is 1.13. The molecule has 0 fully saturated rings. The van der Waals surface area contributed by atoms with Crippen LogP contribution in [-0.4, -0.2) is 0 Å². The third-order valence-electron chi connectivity index (χ3n) is 12.1. The van der Waals surface area contributed by atoms with E-state index in [0.717, 1.165) is 28.2 Å². The third kappa shape index (κ3) is 6.73. The Labute approximate surface area is 357 Å². The molecule has 0 atom stereocenters. The van der Waals surface area contributed by atoms with Gasteiger partial charge in [0.2, 0.25) is 0 Å². The van der Waals surface area contributed by atoms with Gasteiger partial charge in [0.15, 0.2) is 0 Å². The highest BCUT2D eigenvalue weighted by Gasteiger charge is 2.23. The van der Waals surface area contributed by atoms with Gasteiger partial charge in [-0.3, -0.25) is 0 Å². The second kappa shape index (κ2) is 15.6. The molecule has 0 spiro atoms. The molecule has 0 aliphatic carbocycles. The van der Waals surface area contributed by atoms with Crippen molar-refractivity contribution in [1.82, 2.24) is 0 Å². The molecule has 0 saturated carbocycles. The summed E-state index contributed by atoms with van der Waals surface area (Å²) in [5, 5.41) is 7.45. The predicted octanol–water partition coefficient (Wildman–Crippen LogP) is 17.0. The van der Waals surface area contributed by atoms with Crippen LogP contribution in [-0.2, 0) is 0 Å². The van der Waals surface area contributed by atoms with Gasteiger partial charge in [0.25, 0.3) is 0 Å². The van der Waals surface area contributed by atoms with Gasteiger partial charge in [0.05, 0.1) is 11.4 Å². The fourth-order valence-corrected chi connectivity index (χ4v) is 9.09. The van der Waals surface area contributed by atoms with Crippen LogP contribution in [0.2, 0.25) is 0 Å². The van der Waals surface area contributed by atoms with Gasteiger partial charge < -0.3 is 4.90 Å².